The molecular formula is C12H13Cl2N3O2S. The van der Waals surface area contributed by atoms with Gasteiger partial charge in [0.1, 0.15) is 5.82 Å². The molecule has 0 saturated carbocycles. The van der Waals surface area contributed by atoms with Crippen LogP contribution in [0.2, 0.25) is 5.02 Å². The second-order valence-electron chi connectivity index (χ2n) is 4.60. The lowest BCUT2D eigenvalue weighted by atomic mass is 10.1. The number of hydrogen-bond acceptors (Lipinski definition) is 4. The first-order chi connectivity index (χ1) is 9.29. The van der Waals surface area contributed by atoms with Crippen molar-refractivity contribution < 1.29 is 8.42 Å². The van der Waals surface area contributed by atoms with Crippen LogP contribution in [0.4, 0.5) is 0 Å². The monoisotopic (exact) mass is 333 g/mol. The van der Waals surface area contributed by atoms with Crippen LogP contribution in [0.1, 0.15) is 31.3 Å². The van der Waals surface area contributed by atoms with Crippen molar-refractivity contribution in [1.82, 2.24) is 14.8 Å². The van der Waals surface area contributed by atoms with E-state index in [9.17, 15) is 8.42 Å². The van der Waals surface area contributed by atoms with E-state index in [0.29, 0.717) is 17.3 Å². The van der Waals surface area contributed by atoms with Crippen LogP contribution in [-0.2, 0) is 15.5 Å². The van der Waals surface area contributed by atoms with Crippen molar-refractivity contribution in [2.45, 2.75) is 31.5 Å². The zero-order valence-corrected chi connectivity index (χ0v) is 13.2. The number of benzene rings is 1. The number of aromatic nitrogens is 3. The normalized spacial score (nSPS) is 12.1. The van der Waals surface area contributed by atoms with Gasteiger partial charge in [-0.15, -0.1) is 10.2 Å². The molecule has 0 fully saturated rings. The second kappa shape index (κ2) is 5.71. The highest BCUT2D eigenvalue weighted by molar-refractivity contribution is 8.13. The zero-order chi connectivity index (χ0) is 14.9. The molecule has 20 heavy (non-hydrogen) atoms. The largest absolute Gasteiger partial charge is 0.298 e. The Bertz CT molecular complexity index is 709. The first-order valence-electron chi connectivity index (χ1n) is 5.92. The highest BCUT2D eigenvalue weighted by Crippen LogP contribution is 2.21. The first kappa shape index (κ1) is 15.3. The molecule has 1 aromatic heterocycles. The molecule has 0 saturated heterocycles. The van der Waals surface area contributed by atoms with E-state index in [-0.39, 0.29) is 11.2 Å². The third kappa shape index (κ3) is 3.31. The number of halogens is 2. The van der Waals surface area contributed by atoms with Crippen LogP contribution in [0, 0.1) is 0 Å². The van der Waals surface area contributed by atoms with Gasteiger partial charge in [0.25, 0.3) is 14.2 Å². The quantitative estimate of drug-likeness (QED) is 0.806. The molecule has 1 aromatic carbocycles. The van der Waals surface area contributed by atoms with Gasteiger partial charge in [-0.1, -0.05) is 23.7 Å². The van der Waals surface area contributed by atoms with Gasteiger partial charge in [0.15, 0.2) is 0 Å². The Morgan fingerprint density at radius 1 is 1.20 bits per heavy atom. The molecule has 1 heterocycles. The second-order valence-corrected chi connectivity index (χ2v) is 7.50. The molecule has 0 aliphatic heterocycles. The van der Waals surface area contributed by atoms with Gasteiger partial charge in [-0.3, -0.25) is 4.57 Å². The first-order valence-corrected chi connectivity index (χ1v) is 8.60. The average Bonchev–Trinajstić information content (AvgIpc) is 2.75. The molecule has 0 spiro atoms. The van der Waals surface area contributed by atoms with Crippen molar-refractivity contribution in [1.29, 1.82) is 0 Å². The molecule has 0 aliphatic carbocycles. The molecule has 0 aliphatic rings. The number of nitrogens with zero attached hydrogens (tertiary/aromatic N) is 3. The minimum atomic E-state index is -3.92. The average molecular weight is 334 g/mol. The summed E-state index contributed by atoms with van der Waals surface area (Å²) in [5.74, 6) is 0.543. The van der Waals surface area contributed by atoms with Crippen molar-refractivity contribution in [2.75, 3.05) is 0 Å². The summed E-state index contributed by atoms with van der Waals surface area (Å²) in [4.78, 5) is 0. The lowest BCUT2D eigenvalue weighted by molar-refractivity contribution is 0.512. The van der Waals surface area contributed by atoms with Crippen LogP contribution in [0.25, 0.3) is 0 Å². The Labute approximate surface area is 127 Å². The van der Waals surface area contributed by atoms with Gasteiger partial charge in [-0.2, -0.15) is 0 Å². The van der Waals surface area contributed by atoms with Crippen LogP contribution < -0.4 is 0 Å². The maximum absolute atomic E-state index is 11.5. The smallest absolute Gasteiger partial charge is 0.296 e. The molecule has 8 heteroatoms. The Morgan fingerprint density at radius 2 is 1.80 bits per heavy atom. The van der Waals surface area contributed by atoms with Gasteiger partial charge >= 0.3 is 0 Å². The predicted molar refractivity (Wildman–Crippen MR) is 77.7 cm³/mol. The molecule has 0 atom stereocenters. The molecule has 5 nitrogen and oxygen atoms in total. The Kier molecular flexibility index (Phi) is 4.36. The van der Waals surface area contributed by atoms with E-state index in [1.165, 1.54) is 4.57 Å². The maximum Gasteiger partial charge on any atom is 0.296 e. The van der Waals surface area contributed by atoms with Gasteiger partial charge in [-0.25, -0.2) is 8.42 Å². The minimum Gasteiger partial charge on any atom is -0.298 e. The summed E-state index contributed by atoms with van der Waals surface area (Å²) in [6, 6.07) is 7.14. The molecular weight excluding hydrogens is 321 g/mol. The standard InChI is InChI=1S/C12H13Cl2N3O2S/c1-8(2)17-11(15-16-12(17)20(14,18)19)7-9-3-5-10(13)6-4-9/h3-6,8H,7H2,1-2H3. The van der Waals surface area contributed by atoms with Crippen LogP contribution >= 0.6 is 22.3 Å². The van der Waals surface area contributed by atoms with Crippen molar-refractivity contribution in [3.8, 4) is 0 Å². The van der Waals surface area contributed by atoms with E-state index in [2.05, 4.69) is 10.2 Å². The summed E-state index contributed by atoms with van der Waals surface area (Å²) in [7, 11) is 1.46. The lowest BCUT2D eigenvalue weighted by Gasteiger charge is -2.12. The molecule has 2 aromatic rings. The van der Waals surface area contributed by atoms with E-state index in [0.717, 1.165) is 5.56 Å². The summed E-state index contributed by atoms with van der Waals surface area (Å²) >= 11 is 5.83. The minimum absolute atomic E-state index is 0.115. The summed E-state index contributed by atoms with van der Waals surface area (Å²) in [5, 5.41) is 8.05. The van der Waals surface area contributed by atoms with E-state index in [4.69, 9.17) is 22.3 Å². The van der Waals surface area contributed by atoms with Crippen molar-refractivity contribution in [3.05, 3.63) is 40.7 Å². The van der Waals surface area contributed by atoms with Crippen molar-refractivity contribution >= 4 is 31.3 Å². The van der Waals surface area contributed by atoms with Gasteiger partial charge in [0.05, 0.1) is 0 Å². The van der Waals surface area contributed by atoms with Gasteiger partial charge in [-0.05, 0) is 31.5 Å². The van der Waals surface area contributed by atoms with Crippen LogP contribution in [0.5, 0.6) is 0 Å². The third-order valence-corrected chi connectivity index (χ3v) is 4.13. The van der Waals surface area contributed by atoms with E-state index in [1.54, 1.807) is 12.1 Å². The molecule has 0 bridgehead atoms. The number of hydrogen-bond donors (Lipinski definition) is 0. The summed E-state index contributed by atoms with van der Waals surface area (Å²) in [6.45, 7) is 3.70. The van der Waals surface area contributed by atoms with E-state index in [1.807, 2.05) is 26.0 Å². The van der Waals surface area contributed by atoms with Gasteiger partial charge < -0.3 is 0 Å². The topological polar surface area (TPSA) is 64.8 Å². The lowest BCUT2D eigenvalue weighted by Crippen LogP contribution is -2.12. The molecule has 0 unspecified atom stereocenters. The van der Waals surface area contributed by atoms with E-state index < -0.39 is 9.05 Å². The zero-order valence-electron chi connectivity index (χ0n) is 10.9. The van der Waals surface area contributed by atoms with Crippen LogP contribution in [0.15, 0.2) is 29.4 Å². The van der Waals surface area contributed by atoms with E-state index >= 15 is 0 Å². The van der Waals surface area contributed by atoms with Crippen molar-refractivity contribution in [3.63, 3.8) is 0 Å². The Hall–Kier alpha value is -1.11. The molecule has 0 amide bonds. The SMILES string of the molecule is CC(C)n1c(Cc2ccc(Cl)cc2)nnc1S(=O)(=O)Cl. The highest BCUT2D eigenvalue weighted by Gasteiger charge is 2.24. The molecule has 0 N–H and O–H groups in total. The fraction of sp³-hybridized carbons (Fsp3) is 0.333. The Balaban J connectivity index is 2.42. The molecule has 108 valence electrons. The summed E-state index contributed by atoms with van der Waals surface area (Å²) < 4.78 is 24.5. The fourth-order valence-electron chi connectivity index (χ4n) is 1.90. The molecule has 2 rings (SSSR count). The van der Waals surface area contributed by atoms with Gasteiger partial charge in [0, 0.05) is 28.2 Å². The number of rotatable bonds is 4. The third-order valence-electron chi connectivity index (χ3n) is 2.75. The molecule has 0 radical (unpaired) electrons. The van der Waals surface area contributed by atoms with Crippen LogP contribution in [0.3, 0.4) is 0 Å². The fourth-order valence-corrected chi connectivity index (χ4v) is 3.03. The van der Waals surface area contributed by atoms with Crippen molar-refractivity contribution in [2.24, 2.45) is 0 Å². The Morgan fingerprint density at radius 3 is 2.30 bits per heavy atom. The highest BCUT2D eigenvalue weighted by atomic mass is 35.7. The predicted octanol–water partition coefficient (Wildman–Crippen LogP) is 3.03. The summed E-state index contributed by atoms with van der Waals surface area (Å²) in [6.07, 6.45) is 0.453. The summed E-state index contributed by atoms with van der Waals surface area (Å²) in [5.41, 5.74) is 0.960. The maximum atomic E-state index is 11.5. The van der Waals surface area contributed by atoms with Gasteiger partial charge in [0.2, 0.25) is 0 Å². The van der Waals surface area contributed by atoms with Crippen LogP contribution in [-0.4, -0.2) is 23.2 Å².